The molecule has 0 amide bonds. The zero-order chi connectivity index (χ0) is 13.4. The number of amidine groups is 1. The topological polar surface area (TPSA) is 66.0 Å². The summed E-state index contributed by atoms with van der Waals surface area (Å²) in [6, 6.07) is 10.5. The van der Waals surface area contributed by atoms with Crippen LogP contribution < -0.4 is 10.6 Å². The van der Waals surface area contributed by atoms with Gasteiger partial charge in [0.2, 0.25) is 0 Å². The highest BCUT2D eigenvalue weighted by Crippen LogP contribution is 2.30. The molecule has 3 rings (SSSR count). The molecule has 0 radical (unpaired) electrons. The second-order valence-electron chi connectivity index (χ2n) is 5.16. The van der Waals surface area contributed by atoms with Crippen molar-refractivity contribution in [2.75, 3.05) is 11.9 Å². The van der Waals surface area contributed by atoms with Crippen LogP contribution in [0.3, 0.4) is 0 Å². The number of anilines is 1. The summed E-state index contributed by atoms with van der Waals surface area (Å²) in [7, 11) is 2.05. The van der Waals surface area contributed by atoms with E-state index in [0.717, 1.165) is 22.3 Å². The number of hydrogen-bond donors (Lipinski definition) is 2. The van der Waals surface area contributed by atoms with Crippen LogP contribution >= 0.6 is 0 Å². The minimum atomic E-state index is 0.0828. The molecular weight excluding hydrogens is 236 g/mol. The quantitative estimate of drug-likeness (QED) is 0.653. The number of rotatable bonds is 3. The summed E-state index contributed by atoms with van der Waals surface area (Å²) >= 11 is 0. The summed E-state index contributed by atoms with van der Waals surface area (Å²) in [5, 5.41) is 8.80. The molecule has 0 spiro atoms. The molecule has 1 fully saturated rings. The predicted octanol–water partition coefficient (Wildman–Crippen LogP) is 2.51. The highest BCUT2D eigenvalue weighted by Gasteiger charge is 2.25. The van der Waals surface area contributed by atoms with Gasteiger partial charge in [-0.1, -0.05) is 18.2 Å². The van der Waals surface area contributed by atoms with Gasteiger partial charge in [-0.15, -0.1) is 0 Å². The van der Waals surface area contributed by atoms with E-state index in [1.807, 2.05) is 37.4 Å². The molecule has 1 heterocycles. The van der Waals surface area contributed by atoms with Crippen LogP contribution in [-0.4, -0.2) is 23.9 Å². The van der Waals surface area contributed by atoms with Crippen molar-refractivity contribution in [2.45, 2.75) is 25.3 Å². The highest BCUT2D eigenvalue weighted by atomic mass is 15.2. The van der Waals surface area contributed by atoms with E-state index in [-0.39, 0.29) is 5.84 Å². The zero-order valence-electron chi connectivity index (χ0n) is 11.1. The molecule has 1 saturated carbocycles. The van der Waals surface area contributed by atoms with E-state index in [4.69, 9.17) is 16.1 Å². The minimum absolute atomic E-state index is 0.0828. The monoisotopic (exact) mass is 254 g/mol. The molecule has 19 heavy (non-hydrogen) atoms. The van der Waals surface area contributed by atoms with Crippen LogP contribution in [0.15, 0.2) is 30.3 Å². The third-order valence-electron chi connectivity index (χ3n) is 3.95. The summed E-state index contributed by atoms with van der Waals surface area (Å²) in [4.78, 5) is 6.88. The van der Waals surface area contributed by atoms with E-state index in [1.54, 1.807) is 0 Å². The van der Waals surface area contributed by atoms with Crippen molar-refractivity contribution < 1.29 is 0 Å². The Balaban J connectivity index is 2.14. The van der Waals surface area contributed by atoms with E-state index in [1.165, 1.54) is 19.3 Å². The Morgan fingerprint density at radius 1 is 1.37 bits per heavy atom. The van der Waals surface area contributed by atoms with Gasteiger partial charge in [-0.2, -0.15) is 0 Å². The summed E-state index contributed by atoms with van der Waals surface area (Å²) < 4.78 is 0. The van der Waals surface area contributed by atoms with E-state index < -0.39 is 0 Å². The van der Waals surface area contributed by atoms with Crippen LogP contribution in [0, 0.1) is 5.41 Å². The maximum Gasteiger partial charge on any atom is 0.140 e. The Morgan fingerprint density at radius 2 is 2.11 bits per heavy atom. The molecule has 2 aromatic rings. The number of hydrogen-bond acceptors (Lipinski definition) is 3. The van der Waals surface area contributed by atoms with Crippen LogP contribution in [0.1, 0.15) is 24.8 Å². The highest BCUT2D eigenvalue weighted by molar-refractivity contribution is 6.03. The Kier molecular flexibility index (Phi) is 2.85. The fourth-order valence-electron chi connectivity index (χ4n) is 2.52. The fraction of sp³-hybridized carbons (Fsp3) is 0.333. The van der Waals surface area contributed by atoms with Gasteiger partial charge in [-0.05, 0) is 31.4 Å². The van der Waals surface area contributed by atoms with Crippen LogP contribution in [0.25, 0.3) is 10.9 Å². The first-order valence-electron chi connectivity index (χ1n) is 6.64. The van der Waals surface area contributed by atoms with Gasteiger partial charge in [0.05, 0.1) is 11.1 Å². The number of benzene rings is 1. The Morgan fingerprint density at radius 3 is 2.74 bits per heavy atom. The lowest BCUT2D eigenvalue weighted by molar-refractivity contribution is 0.399. The molecule has 0 saturated heterocycles. The van der Waals surface area contributed by atoms with Crippen LogP contribution in [-0.2, 0) is 0 Å². The van der Waals surface area contributed by atoms with Gasteiger partial charge in [0.1, 0.15) is 11.7 Å². The number of pyridine rings is 1. The molecule has 1 aliphatic carbocycles. The smallest absolute Gasteiger partial charge is 0.140 e. The first kappa shape index (κ1) is 12.0. The van der Waals surface area contributed by atoms with Crippen molar-refractivity contribution in [3.8, 4) is 0 Å². The average molecular weight is 254 g/mol. The first-order valence-corrected chi connectivity index (χ1v) is 6.64. The van der Waals surface area contributed by atoms with Crippen LogP contribution in [0.4, 0.5) is 5.82 Å². The van der Waals surface area contributed by atoms with Gasteiger partial charge in [0, 0.05) is 18.5 Å². The first-order chi connectivity index (χ1) is 9.16. The van der Waals surface area contributed by atoms with Crippen molar-refractivity contribution in [3.05, 3.63) is 35.9 Å². The SMILES string of the molecule is CN(c1nc2ccccc2cc1C(=N)N)C1CCC1. The molecule has 4 nitrogen and oxygen atoms in total. The van der Waals surface area contributed by atoms with E-state index >= 15 is 0 Å². The normalized spacial score (nSPS) is 15.2. The largest absolute Gasteiger partial charge is 0.384 e. The molecule has 0 unspecified atom stereocenters. The maximum atomic E-state index is 7.77. The van der Waals surface area contributed by atoms with Crippen LogP contribution in [0.5, 0.6) is 0 Å². The van der Waals surface area contributed by atoms with Gasteiger partial charge in [-0.25, -0.2) is 4.98 Å². The number of aromatic nitrogens is 1. The summed E-state index contributed by atoms with van der Waals surface area (Å²) in [5.74, 6) is 0.912. The molecule has 0 aliphatic heterocycles. The molecule has 1 aromatic carbocycles. The molecular formula is C15H18N4. The molecule has 3 N–H and O–H groups in total. The lowest BCUT2D eigenvalue weighted by Crippen LogP contribution is -2.38. The number of nitrogens with zero attached hydrogens (tertiary/aromatic N) is 2. The maximum absolute atomic E-state index is 7.77. The molecule has 1 aliphatic rings. The Bertz CT molecular complexity index is 631. The zero-order valence-corrected chi connectivity index (χ0v) is 11.1. The number of nitrogens with one attached hydrogen (secondary N) is 1. The lowest BCUT2D eigenvalue weighted by Gasteiger charge is -2.36. The molecule has 0 bridgehead atoms. The lowest BCUT2D eigenvalue weighted by atomic mass is 9.91. The Hall–Kier alpha value is -2.10. The van der Waals surface area contributed by atoms with E-state index in [9.17, 15) is 0 Å². The fourth-order valence-corrected chi connectivity index (χ4v) is 2.52. The van der Waals surface area contributed by atoms with Crippen molar-refractivity contribution in [2.24, 2.45) is 5.73 Å². The second kappa shape index (κ2) is 4.53. The second-order valence-corrected chi connectivity index (χ2v) is 5.16. The standard InChI is InChI=1S/C15H18N4/c1-19(11-6-4-7-11)15-12(14(16)17)9-10-5-2-3-8-13(10)18-15/h2-3,5,8-9,11H,4,6-7H2,1H3,(H3,16,17). The van der Waals surface area contributed by atoms with E-state index in [0.29, 0.717) is 6.04 Å². The van der Waals surface area contributed by atoms with Crippen molar-refractivity contribution in [1.29, 1.82) is 5.41 Å². The number of nitrogens with two attached hydrogens (primary N) is 1. The van der Waals surface area contributed by atoms with Crippen molar-refractivity contribution in [1.82, 2.24) is 4.98 Å². The number of fused-ring (bicyclic) bond motifs is 1. The van der Waals surface area contributed by atoms with Crippen LogP contribution in [0.2, 0.25) is 0 Å². The number of para-hydroxylation sites is 1. The van der Waals surface area contributed by atoms with E-state index in [2.05, 4.69) is 4.90 Å². The van der Waals surface area contributed by atoms with Gasteiger partial charge in [-0.3, -0.25) is 5.41 Å². The van der Waals surface area contributed by atoms with Crippen molar-refractivity contribution in [3.63, 3.8) is 0 Å². The third kappa shape index (κ3) is 2.03. The van der Waals surface area contributed by atoms with Gasteiger partial charge in [0.25, 0.3) is 0 Å². The summed E-state index contributed by atoms with van der Waals surface area (Å²) in [5.41, 5.74) is 7.40. The predicted molar refractivity (Wildman–Crippen MR) is 78.8 cm³/mol. The summed E-state index contributed by atoms with van der Waals surface area (Å²) in [6.07, 6.45) is 3.67. The molecule has 0 atom stereocenters. The van der Waals surface area contributed by atoms with Crippen molar-refractivity contribution >= 4 is 22.6 Å². The third-order valence-corrected chi connectivity index (χ3v) is 3.95. The minimum Gasteiger partial charge on any atom is -0.384 e. The molecule has 1 aromatic heterocycles. The Labute approximate surface area is 112 Å². The number of nitrogen functional groups attached to an aromatic ring is 1. The van der Waals surface area contributed by atoms with Gasteiger partial charge in [0.15, 0.2) is 0 Å². The van der Waals surface area contributed by atoms with Gasteiger partial charge >= 0.3 is 0 Å². The average Bonchev–Trinajstić information content (AvgIpc) is 2.35. The summed E-state index contributed by atoms with van der Waals surface area (Å²) in [6.45, 7) is 0. The molecule has 98 valence electrons. The molecule has 4 heteroatoms. The van der Waals surface area contributed by atoms with Gasteiger partial charge < -0.3 is 10.6 Å².